The number of alkyl halides is 2. The molecule has 2 atom stereocenters. The Balaban J connectivity index is 2.51. The maximum atomic E-state index is 13.7. The normalized spacial score (nSPS) is 20.7. The highest BCUT2D eigenvalue weighted by atomic mass is 19.3. The molecular weight excluding hydrogens is 361 g/mol. The van der Waals surface area contributed by atoms with E-state index in [9.17, 15) is 27.7 Å². The molecule has 27 heavy (non-hydrogen) atoms. The largest absolute Gasteiger partial charge is 0.348 e. The molecular formula is C20H27F3O4. The summed E-state index contributed by atoms with van der Waals surface area (Å²) in [5.41, 5.74) is 0. The van der Waals surface area contributed by atoms with Crippen LogP contribution in [0.1, 0.15) is 64.7 Å². The second kappa shape index (κ2) is 11.7. The zero-order valence-electron chi connectivity index (χ0n) is 15.6. The van der Waals surface area contributed by atoms with Crippen LogP contribution in [0.5, 0.6) is 0 Å². The highest BCUT2D eigenvalue weighted by Crippen LogP contribution is 2.33. The average molecular weight is 388 g/mol. The van der Waals surface area contributed by atoms with Gasteiger partial charge in [0.05, 0.1) is 0 Å². The molecule has 1 saturated carbocycles. The Morgan fingerprint density at radius 1 is 1.26 bits per heavy atom. The molecule has 1 fully saturated rings. The van der Waals surface area contributed by atoms with Gasteiger partial charge < -0.3 is 0 Å². The first-order valence-electron chi connectivity index (χ1n) is 9.41. The van der Waals surface area contributed by atoms with Gasteiger partial charge in [0, 0.05) is 29.7 Å². The molecule has 0 spiro atoms. The molecule has 1 aliphatic carbocycles. The summed E-state index contributed by atoms with van der Waals surface area (Å²) >= 11 is 0. The van der Waals surface area contributed by atoms with Crippen LogP contribution < -0.4 is 0 Å². The van der Waals surface area contributed by atoms with Crippen molar-refractivity contribution in [1.82, 2.24) is 0 Å². The molecule has 1 aliphatic rings. The van der Waals surface area contributed by atoms with Gasteiger partial charge in [0.25, 0.3) is 0 Å². The number of ketones is 2. The van der Waals surface area contributed by atoms with Gasteiger partial charge >= 0.3 is 11.9 Å². The minimum atomic E-state index is -3.36. The Bertz CT molecular complexity index is 570. The van der Waals surface area contributed by atoms with Crippen LogP contribution in [0.2, 0.25) is 0 Å². The van der Waals surface area contributed by atoms with Gasteiger partial charge in [-0.05, 0) is 44.1 Å². The van der Waals surface area contributed by atoms with Gasteiger partial charge in [0.15, 0.2) is 0 Å². The van der Waals surface area contributed by atoms with E-state index >= 15 is 0 Å². The number of Topliss-reactive ketones (excluding diaryl/α,β-unsaturated/α-hetero) is 1. The third-order valence-corrected chi connectivity index (χ3v) is 4.75. The fourth-order valence-electron chi connectivity index (χ4n) is 3.09. The maximum Gasteiger partial charge on any atom is 0.348 e. The Labute approximate surface area is 157 Å². The van der Waals surface area contributed by atoms with Crippen molar-refractivity contribution < 1.29 is 32.6 Å². The molecule has 7 heteroatoms. The second-order valence-electron chi connectivity index (χ2n) is 6.86. The van der Waals surface area contributed by atoms with Crippen LogP contribution in [-0.2, 0) is 19.3 Å². The highest BCUT2D eigenvalue weighted by molar-refractivity contribution is 5.95. The number of hydrogen-bond acceptors (Lipinski definition) is 4. The van der Waals surface area contributed by atoms with E-state index in [1.54, 1.807) is 19.1 Å². The molecule has 0 heterocycles. The second-order valence-corrected chi connectivity index (χ2v) is 6.86. The fraction of sp³-hybridized carbons (Fsp3) is 0.650. The summed E-state index contributed by atoms with van der Waals surface area (Å²) in [6.45, 7) is 1.78. The molecule has 0 radical (unpaired) electrons. The molecule has 0 saturated heterocycles. The van der Waals surface area contributed by atoms with Crippen LogP contribution in [-0.4, -0.2) is 23.5 Å². The number of halogens is 3. The predicted octanol–water partition coefficient (Wildman–Crippen LogP) is 5.08. The third kappa shape index (κ3) is 8.10. The minimum Gasteiger partial charge on any atom is -0.299 e. The van der Waals surface area contributed by atoms with Gasteiger partial charge in [-0.3, -0.25) is 14.5 Å². The van der Waals surface area contributed by atoms with Gasteiger partial charge in [0.1, 0.15) is 5.78 Å². The summed E-state index contributed by atoms with van der Waals surface area (Å²) in [5, 5.41) is 0. The molecule has 0 aromatic carbocycles. The maximum absolute atomic E-state index is 13.7. The van der Waals surface area contributed by atoms with Crippen LogP contribution in [0.25, 0.3) is 0 Å². The Kier molecular flexibility index (Phi) is 10.0. The highest BCUT2D eigenvalue weighted by Gasteiger charge is 2.37. The average Bonchev–Trinajstić information content (AvgIpc) is 3.00. The first kappa shape index (κ1) is 23.1. The van der Waals surface area contributed by atoms with Gasteiger partial charge in [0.2, 0.25) is 5.78 Å². The van der Waals surface area contributed by atoms with E-state index in [2.05, 4.69) is 4.94 Å². The summed E-state index contributed by atoms with van der Waals surface area (Å²) in [6.07, 6.45) is 8.69. The van der Waals surface area contributed by atoms with Crippen LogP contribution in [0, 0.1) is 11.8 Å². The van der Waals surface area contributed by atoms with E-state index < -0.39 is 24.1 Å². The number of carbonyl (C=O) groups excluding carboxylic acids is 3. The predicted molar refractivity (Wildman–Crippen MR) is 94.6 cm³/mol. The van der Waals surface area contributed by atoms with Crippen LogP contribution in [0.15, 0.2) is 24.3 Å². The summed E-state index contributed by atoms with van der Waals surface area (Å²) in [5.74, 6) is -5.98. The molecule has 0 aromatic heterocycles. The van der Waals surface area contributed by atoms with E-state index in [4.69, 9.17) is 0 Å². The third-order valence-electron chi connectivity index (χ3n) is 4.75. The number of hydrogen-bond donors (Lipinski definition) is 0. The van der Waals surface area contributed by atoms with Gasteiger partial charge in [-0.15, -0.1) is 0 Å². The van der Waals surface area contributed by atoms with Gasteiger partial charge in [-0.25, -0.2) is 4.79 Å². The lowest BCUT2D eigenvalue weighted by Gasteiger charge is -2.14. The number of unbranched alkanes of at least 4 members (excludes halogenated alkanes) is 2. The lowest BCUT2D eigenvalue weighted by atomic mass is 9.91. The molecule has 1 rings (SSSR count). The zero-order valence-corrected chi connectivity index (χ0v) is 15.6. The summed E-state index contributed by atoms with van der Waals surface area (Å²) in [6, 6.07) is 0. The first-order valence-corrected chi connectivity index (χ1v) is 9.41. The van der Waals surface area contributed by atoms with E-state index in [1.807, 2.05) is 0 Å². The summed E-state index contributed by atoms with van der Waals surface area (Å²) < 4.78 is 39.0. The molecule has 0 aromatic rings. The van der Waals surface area contributed by atoms with E-state index in [0.717, 1.165) is 6.08 Å². The van der Waals surface area contributed by atoms with Crippen LogP contribution >= 0.6 is 0 Å². The molecule has 0 amide bonds. The van der Waals surface area contributed by atoms with E-state index in [-0.39, 0.29) is 30.5 Å². The van der Waals surface area contributed by atoms with Gasteiger partial charge in [-0.2, -0.15) is 8.78 Å². The van der Waals surface area contributed by atoms with E-state index in [0.29, 0.717) is 38.5 Å². The zero-order chi connectivity index (χ0) is 20.3. The number of rotatable bonds is 12. The summed E-state index contributed by atoms with van der Waals surface area (Å²) in [4.78, 5) is 37.4. The molecule has 4 nitrogen and oxygen atoms in total. The van der Waals surface area contributed by atoms with Gasteiger partial charge in [-0.1, -0.05) is 31.6 Å². The quantitative estimate of drug-likeness (QED) is 0.266. The fourth-order valence-corrected chi connectivity index (χ4v) is 3.09. The topological polar surface area (TPSA) is 60.4 Å². The molecule has 152 valence electrons. The van der Waals surface area contributed by atoms with Crippen molar-refractivity contribution in [2.75, 3.05) is 0 Å². The van der Waals surface area contributed by atoms with Crippen molar-refractivity contribution in [3.63, 3.8) is 0 Å². The van der Waals surface area contributed by atoms with Crippen molar-refractivity contribution >= 4 is 17.5 Å². The van der Waals surface area contributed by atoms with Crippen molar-refractivity contribution in [3.8, 4) is 0 Å². The Morgan fingerprint density at radius 2 is 2.00 bits per heavy atom. The molecule has 0 aliphatic heterocycles. The molecule has 0 N–H and O–H groups in total. The van der Waals surface area contributed by atoms with Crippen LogP contribution in [0.4, 0.5) is 13.3 Å². The van der Waals surface area contributed by atoms with Crippen molar-refractivity contribution in [3.05, 3.63) is 24.3 Å². The lowest BCUT2D eigenvalue weighted by molar-refractivity contribution is -0.183. The van der Waals surface area contributed by atoms with Crippen molar-refractivity contribution in [1.29, 1.82) is 0 Å². The smallest absolute Gasteiger partial charge is 0.299 e. The van der Waals surface area contributed by atoms with Crippen molar-refractivity contribution in [2.45, 2.75) is 70.6 Å². The standard InChI is InChI=1S/C20H27F3O4/c1-2-3-14-20(21,22)18(25)13-11-15-10-12-17(24)16(15)8-6-4-5-7-9-19(26)27-23/h4,6,11,13,15-16H,2-3,5,7-10,12,14H2,1H3/b6-4-,13-11+/t15?,16-/m1/s1. The molecule has 1 unspecified atom stereocenters. The Morgan fingerprint density at radius 3 is 2.67 bits per heavy atom. The summed E-state index contributed by atoms with van der Waals surface area (Å²) in [7, 11) is 0. The molecule has 0 bridgehead atoms. The number of allylic oxidation sites excluding steroid dienone is 4. The number of carbonyl (C=O) groups is 3. The monoisotopic (exact) mass is 388 g/mol. The van der Waals surface area contributed by atoms with E-state index in [1.165, 1.54) is 6.08 Å². The first-order chi connectivity index (χ1) is 12.8. The van der Waals surface area contributed by atoms with Crippen molar-refractivity contribution in [2.24, 2.45) is 11.8 Å². The minimum absolute atomic E-state index is 0.0249. The Hall–Kier alpha value is -1.92. The van der Waals surface area contributed by atoms with Crippen LogP contribution in [0.3, 0.4) is 0 Å². The SMILES string of the molecule is CCCCC(F)(F)C(=O)/C=C/C1CCC(=O)[C@@H]1C/C=C\CCCC(=O)OF. The lowest BCUT2D eigenvalue weighted by Crippen LogP contribution is -2.27.